The standard InChI is InChI=1S/C22H16FN5O/c23-16-6-5-11(15-9-26-28-21(15)16)17-14-8-13(10-3-4-10)19-12(2-1-7-25-19)20(14)27-22(29)18(17)24/h1-2,5-10H,3-4,24H2,(H,26,28)(H,27,29). The molecule has 0 saturated heterocycles. The van der Waals surface area contributed by atoms with Gasteiger partial charge in [0.25, 0.3) is 5.56 Å². The summed E-state index contributed by atoms with van der Waals surface area (Å²) < 4.78 is 14.2. The molecule has 5 aromatic rings. The van der Waals surface area contributed by atoms with E-state index in [1.807, 2.05) is 12.1 Å². The minimum absolute atomic E-state index is 0.108. The predicted octanol–water partition coefficient (Wildman–Crippen LogP) is 4.22. The van der Waals surface area contributed by atoms with Gasteiger partial charge >= 0.3 is 0 Å². The quantitative estimate of drug-likeness (QED) is 0.396. The molecule has 0 atom stereocenters. The van der Waals surface area contributed by atoms with E-state index in [0.29, 0.717) is 33.5 Å². The highest BCUT2D eigenvalue weighted by atomic mass is 19.1. The number of nitrogens with one attached hydrogen (secondary N) is 2. The molecule has 1 aliphatic carbocycles. The maximum atomic E-state index is 14.2. The molecule has 4 N–H and O–H groups in total. The lowest BCUT2D eigenvalue weighted by molar-refractivity contribution is 0.636. The van der Waals surface area contributed by atoms with Crippen LogP contribution in [0.25, 0.3) is 43.8 Å². The Labute approximate surface area is 163 Å². The second-order valence-electron chi connectivity index (χ2n) is 7.56. The van der Waals surface area contributed by atoms with E-state index in [9.17, 15) is 9.18 Å². The van der Waals surface area contributed by atoms with Crippen molar-refractivity contribution in [2.45, 2.75) is 18.8 Å². The number of halogens is 1. The molecule has 0 unspecified atom stereocenters. The summed E-state index contributed by atoms with van der Waals surface area (Å²) in [6, 6.07) is 8.93. The molecule has 1 aliphatic rings. The number of aromatic amines is 2. The van der Waals surface area contributed by atoms with Gasteiger partial charge in [0, 0.05) is 27.9 Å². The van der Waals surface area contributed by atoms with Crippen LogP contribution in [0.4, 0.5) is 10.1 Å². The van der Waals surface area contributed by atoms with E-state index in [2.05, 4.69) is 26.2 Å². The van der Waals surface area contributed by atoms with Gasteiger partial charge in [-0.2, -0.15) is 5.10 Å². The highest BCUT2D eigenvalue weighted by molar-refractivity contribution is 6.15. The smallest absolute Gasteiger partial charge is 0.272 e. The SMILES string of the molecule is Nc1c(-c2ccc(F)c3[nH]ncc23)c2cc(C3CC3)c3ncccc3c2[nH]c1=O. The molecule has 6 nitrogen and oxygen atoms in total. The highest BCUT2D eigenvalue weighted by Crippen LogP contribution is 2.46. The van der Waals surface area contributed by atoms with E-state index < -0.39 is 5.82 Å². The Kier molecular flexibility index (Phi) is 3.16. The number of hydrogen-bond acceptors (Lipinski definition) is 4. The van der Waals surface area contributed by atoms with Gasteiger partial charge in [-0.1, -0.05) is 6.07 Å². The maximum absolute atomic E-state index is 14.2. The van der Waals surface area contributed by atoms with Crippen LogP contribution in [-0.4, -0.2) is 20.2 Å². The molecule has 0 amide bonds. The number of pyridine rings is 2. The number of benzene rings is 2. The van der Waals surface area contributed by atoms with E-state index in [0.717, 1.165) is 34.7 Å². The van der Waals surface area contributed by atoms with Gasteiger partial charge in [0.05, 0.1) is 17.2 Å². The second kappa shape index (κ2) is 5.64. The zero-order valence-electron chi connectivity index (χ0n) is 15.3. The van der Waals surface area contributed by atoms with E-state index in [1.165, 1.54) is 6.07 Å². The van der Waals surface area contributed by atoms with Crippen molar-refractivity contribution in [1.82, 2.24) is 20.2 Å². The molecule has 1 saturated carbocycles. The average molecular weight is 385 g/mol. The van der Waals surface area contributed by atoms with Crippen LogP contribution in [0.2, 0.25) is 0 Å². The number of nitrogen functional groups attached to an aromatic ring is 1. The Morgan fingerprint density at radius 1 is 1.10 bits per heavy atom. The molecule has 0 radical (unpaired) electrons. The zero-order chi connectivity index (χ0) is 19.7. The van der Waals surface area contributed by atoms with Gasteiger partial charge in [0.1, 0.15) is 17.0 Å². The first-order valence-electron chi connectivity index (χ1n) is 9.48. The van der Waals surface area contributed by atoms with Gasteiger partial charge in [-0.15, -0.1) is 0 Å². The summed E-state index contributed by atoms with van der Waals surface area (Å²) in [5.41, 5.74) is 10.3. The predicted molar refractivity (Wildman–Crippen MR) is 111 cm³/mol. The lowest BCUT2D eigenvalue weighted by Crippen LogP contribution is -2.14. The minimum Gasteiger partial charge on any atom is -0.394 e. The molecule has 29 heavy (non-hydrogen) atoms. The summed E-state index contributed by atoms with van der Waals surface area (Å²) in [6.45, 7) is 0. The molecule has 3 aromatic heterocycles. The molecule has 2 aromatic carbocycles. The van der Waals surface area contributed by atoms with Crippen molar-refractivity contribution in [3.8, 4) is 11.1 Å². The average Bonchev–Trinajstić information content (AvgIpc) is 3.45. The third kappa shape index (κ3) is 2.24. The van der Waals surface area contributed by atoms with Crippen molar-refractivity contribution in [2.75, 3.05) is 5.73 Å². The number of aromatic nitrogens is 4. The molecule has 3 heterocycles. The largest absolute Gasteiger partial charge is 0.394 e. The summed E-state index contributed by atoms with van der Waals surface area (Å²) in [5.74, 6) is 0.0576. The summed E-state index contributed by atoms with van der Waals surface area (Å²) >= 11 is 0. The highest BCUT2D eigenvalue weighted by Gasteiger charge is 2.28. The molecular formula is C22H16FN5O. The first-order valence-corrected chi connectivity index (χ1v) is 9.48. The Balaban J connectivity index is 1.83. The van der Waals surface area contributed by atoms with Gasteiger partial charge in [-0.05, 0) is 54.2 Å². The van der Waals surface area contributed by atoms with Gasteiger partial charge in [-0.25, -0.2) is 4.39 Å². The summed E-state index contributed by atoms with van der Waals surface area (Å²) in [5, 5.41) is 8.98. The molecule has 142 valence electrons. The molecule has 6 rings (SSSR count). The van der Waals surface area contributed by atoms with Crippen molar-refractivity contribution < 1.29 is 4.39 Å². The molecule has 0 aliphatic heterocycles. The number of nitrogens with two attached hydrogens (primary N) is 1. The molecule has 7 heteroatoms. The lowest BCUT2D eigenvalue weighted by atomic mass is 9.93. The minimum atomic E-state index is -0.401. The fourth-order valence-electron chi connectivity index (χ4n) is 4.27. The van der Waals surface area contributed by atoms with Crippen molar-refractivity contribution in [3.63, 3.8) is 0 Å². The van der Waals surface area contributed by atoms with Gasteiger partial charge in [0.15, 0.2) is 0 Å². The normalized spacial score (nSPS) is 14.2. The van der Waals surface area contributed by atoms with Crippen molar-refractivity contribution in [3.05, 3.63) is 64.5 Å². The van der Waals surface area contributed by atoms with Crippen molar-refractivity contribution >= 4 is 38.4 Å². The third-order valence-corrected chi connectivity index (χ3v) is 5.79. The Morgan fingerprint density at radius 3 is 2.79 bits per heavy atom. The second-order valence-corrected chi connectivity index (χ2v) is 7.56. The molecular weight excluding hydrogens is 369 g/mol. The van der Waals surface area contributed by atoms with Crippen LogP contribution in [0.15, 0.2) is 47.5 Å². The summed E-state index contributed by atoms with van der Waals surface area (Å²) in [7, 11) is 0. The van der Waals surface area contributed by atoms with E-state index in [1.54, 1.807) is 18.5 Å². The van der Waals surface area contributed by atoms with Crippen molar-refractivity contribution in [1.29, 1.82) is 0 Å². The Hall–Kier alpha value is -3.74. The van der Waals surface area contributed by atoms with Crippen LogP contribution in [0.3, 0.4) is 0 Å². The molecule has 1 fully saturated rings. The van der Waals surface area contributed by atoms with Gasteiger partial charge < -0.3 is 10.7 Å². The fraction of sp³-hybridized carbons (Fsp3) is 0.136. The van der Waals surface area contributed by atoms with E-state index in [4.69, 9.17) is 5.73 Å². The van der Waals surface area contributed by atoms with E-state index in [-0.39, 0.29) is 11.2 Å². The number of nitrogens with zero attached hydrogens (tertiary/aromatic N) is 2. The Bertz CT molecular complexity index is 1510. The molecule has 0 spiro atoms. The zero-order valence-corrected chi connectivity index (χ0v) is 15.3. The van der Waals surface area contributed by atoms with E-state index >= 15 is 0 Å². The first-order chi connectivity index (χ1) is 14.1. The van der Waals surface area contributed by atoms with Crippen LogP contribution in [0.1, 0.15) is 24.3 Å². The van der Waals surface area contributed by atoms with Crippen LogP contribution in [-0.2, 0) is 0 Å². The number of hydrogen-bond donors (Lipinski definition) is 3. The van der Waals surface area contributed by atoms with Gasteiger partial charge in [-0.3, -0.25) is 14.9 Å². The number of anilines is 1. The fourth-order valence-corrected chi connectivity index (χ4v) is 4.27. The number of rotatable bonds is 2. The third-order valence-electron chi connectivity index (χ3n) is 5.79. The first kappa shape index (κ1) is 16.2. The summed E-state index contributed by atoms with van der Waals surface area (Å²) in [6.07, 6.45) is 5.57. The van der Waals surface area contributed by atoms with Crippen LogP contribution >= 0.6 is 0 Å². The maximum Gasteiger partial charge on any atom is 0.272 e. The monoisotopic (exact) mass is 385 g/mol. The summed E-state index contributed by atoms with van der Waals surface area (Å²) in [4.78, 5) is 20.3. The topological polar surface area (TPSA) is 100 Å². The Morgan fingerprint density at radius 2 is 1.97 bits per heavy atom. The lowest BCUT2D eigenvalue weighted by Gasteiger charge is -2.15. The van der Waals surface area contributed by atoms with Crippen LogP contribution in [0, 0.1) is 5.82 Å². The van der Waals surface area contributed by atoms with Crippen LogP contribution in [0.5, 0.6) is 0 Å². The number of H-pyrrole nitrogens is 2. The number of fused-ring (bicyclic) bond motifs is 4. The molecule has 0 bridgehead atoms. The van der Waals surface area contributed by atoms with Crippen LogP contribution < -0.4 is 11.3 Å². The van der Waals surface area contributed by atoms with Crippen molar-refractivity contribution in [2.24, 2.45) is 0 Å². The van der Waals surface area contributed by atoms with Gasteiger partial charge in [0.2, 0.25) is 0 Å².